The predicted molar refractivity (Wildman–Crippen MR) is 103 cm³/mol. The van der Waals surface area contributed by atoms with Gasteiger partial charge < -0.3 is 10.1 Å². The summed E-state index contributed by atoms with van der Waals surface area (Å²) in [5, 5.41) is 4.38. The summed E-state index contributed by atoms with van der Waals surface area (Å²) in [6, 6.07) is 11.2. The first-order chi connectivity index (χ1) is 12.0. The molecule has 25 heavy (non-hydrogen) atoms. The number of ether oxygens (including phenoxy) is 1. The van der Waals surface area contributed by atoms with Crippen molar-refractivity contribution in [3.63, 3.8) is 0 Å². The topological polar surface area (TPSA) is 51.2 Å². The van der Waals surface area contributed by atoms with Crippen molar-refractivity contribution >= 4 is 40.2 Å². The minimum Gasteiger partial charge on any atom is -0.486 e. The molecule has 3 rings (SSSR count). The molecule has 0 saturated heterocycles. The molecule has 4 nitrogen and oxygen atoms in total. The molecule has 2 heterocycles. The summed E-state index contributed by atoms with van der Waals surface area (Å²) in [5.74, 6) is 0.620. The molecule has 2 aromatic heterocycles. The van der Waals surface area contributed by atoms with Gasteiger partial charge in [-0.15, -0.1) is 22.7 Å². The SMILES string of the molecule is Cc1ccc(CNC(=O)c2sc(COc3ccc(Cl)cc3)nc2C)s1. The summed E-state index contributed by atoms with van der Waals surface area (Å²) in [4.78, 5) is 19.8. The van der Waals surface area contributed by atoms with Gasteiger partial charge in [0.25, 0.3) is 5.91 Å². The molecule has 0 unspecified atom stereocenters. The standard InChI is InChI=1S/C18H17ClN2O2S2/c1-11-3-8-15(24-11)9-20-18(22)17-12(2)21-16(25-17)10-23-14-6-4-13(19)5-7-14/h3-8H,9-10H2,1-2H3,(H,20,22). The van der Waals surface area contributed by atoms with E-state index in [1.807, 2.05) is 13.0 Å². The Hall–Kier alpha value is -1.89. The average Bonchev–Trinajstić information content (AvgIpc) is 3.18. The van der Waals surface area contributed by atoms with Crippen LogP contribution in [0.15, 0.2) is 36.4 Å². The van der Waals surface area contributed by atoms with E-state index in [2.05, 4.69) is 23.3 Å². The van der Waals surface area contributed by atoms with E-state index < -0.39 is 0 Å². The number of amides is 1. The highest BCUT2D eigenvalue weighted by Gasteiger charge is 2.15. The summed E-state index contributed by atoms with van der Waals surface area (Å²) in [6.07, 6.45) is 0. The van der Waals surface area contributed by atoms with Gasteiger partial charge in [-0.25, -0.2) is 4.98 Å². The largest absolute Gasteiger partial charge is 0.486 e. The number of carbonyl (C=O) groups excluding carboxylic acids is 1. The van der Waals surface area contributed by atoms with Gasteiger partial charge in [0.05, 0.1) is 12.2 Å². The summed E-state index contributed by atoms with van der Waals surface area (Å²) in [6.45, 7) is 4.75. The van der Waals surface area contributed by atoms with E-state index in [0.717, 1.165) is 21.3 Å². The molecule has 0 spiro atoms. The van der Waals surface area contributed by atoms with Gasteiger partial charge in [-0.2, -0.15) is 0 Å². The zero-order valence-corrected chi connectivity index (χ0v) is 16.2. The smallest absolute Gasteiger partial charge is 0.263 e. The van der Waals surface area contributed by atoms with E-state index in [-0.39, 0.29) is 5.91 Å². The first kappa shape index (κ1) is 17.9. The molecule has 3 aromatic rings. The van der Waals surface area contributed by atoms with Gasteiger partial charge in [-0.05, 0) is 50.2 Å². The van der Waals surface area contributed by atoms with Crippen molar-refractivity contribution in [2.75, 3.05) is 0 Å². The molecule has 130 valence electrons. The molecule has 0 radical (unpaired) electrons. The lowest BCUT2D eigenvalue weighted by Gasteiger charge is -2.03. The van der Waals surface area contributed by atoms with Crippen LogP contribution in [0.25, 0.3) is 0 Å². The van der Waals surface area contributed by atoms with E-state index in [1.165, 1.54) is 16.2 Å². The number of aryl methyl sites for hydroxylation is 2. The quantitative estimate of drug-likeness (QED) is 0.643. The van der Waals surface area contributed by atoms with Crippen LogP contribution < -0.4 is 10.1 Å². The molecule has 0 bridgehead atoms. The molecule has 0 atom stereocenters. The van der Waals surface area contributed by atoms with Gasteiger partial charge in [0.15, 0.2) is 0 Å². The number of hydrogen-bond donors (Lipinski definition) is 1. The highest BCUT2D eigenvalue weighted by Crippen LogP contribution is 2.22. The second kappa shape index (κ2) is 7.99. The first-order valence-corrected chi connectivity index (χ1v) is 9.70. The number of thiophene rings is 1. The Balaban J connectivity index is 1.59. The van der Waals surface area contributed by atoms with E-state index in [9.17, 15) is 4.79 Å². The number of nitrogens with zero attached hydrogens (tertiary/aromatic N) is 1. The van der Waals surface area contributed by atoms with Gasteiger partial charge in [-0.1, -0.05) is 11.6 Å². The lowest BCUT2D eigenvalue weighted by atomic mass is 10.3. The van der Waals surface area contributed by atoms with Gasteiger partial charge in [0, 0.05) is 14.8 Å². The van der Waals surface area contributed by atoms with Crippen LogP contribution in [-0.2, 0) is 13.2 Å². The fourth-order valence-corrected chi connectivity index (χ4v) is 4.08. The van der Waals surface area contributed by atoms with Gasteiger partial charge in [-0.3, -0.25) is 4.79 Å². The molecule has 1 N–H and O–H groups in total. The van der Waals surface area contributed by atoms with Crippen molar-refractivity contribution in [3.8, 4) is 5.75 Å². The van der Waals surface area contributed by atoms with Crippen molar-refractivity contribution in [1.82, 2.24) is 10.3 Å². The van der Waals surface area contributed by atoms with Gasteiger partial charge >= 0.3 is 0 Å². The van der Waals surface area contributed by atoms with E-state index >= 15 is 0 Å². The van der Waals surface area contributed by atoms with E-state index in [1.54, 1.807) is 35.6 Å². The normalized spacial score (nSPS) is 10.7. The van der Waals surface area contributed by atoms with Crippen molar-refractivity contribution in [1.29, 1.82) is 0 Å². The Morgan fingerprint density at radius 2 is 1.92 bits per heavy atom. The molecule has 1 amide bonds. The number of hydrogen-bond acceptors (Lipinski definition) is 5. The number of benzene rings is 1. The fraction of sp³-hybridized carbons (Fsp3) is 0.222. The zero-order valence-electron chi connectivity index (χ0n) is 13.8. The van der Waals surface area contributed by atoms with Crippen LogP contribution in [0.4, 0.5) is 0 Å². The number of halogens is 1. The Morgan fingerprint density at radius 1 is 1.16 bits per heavy atom. The van der Waals surface area contributed by atoms with Gasteiger partial charge in [0.1, 0.15) is 22.2 Å². The second-order valence-electron chi connectivity index (χ2n) is 5.46. The molecule has 0 fully saturated rings. The molecule has 0 aliphatic heterocycles. The molecule has 1 aromatic carbocycles. The highest BCUT2D eigenvalue weighted by atomic mass is 35.5. The third-order valence-corrected chi connectivity index (χ3v) is 5.82. The van der Waals surface area contributed by atoms with Crippen molar-refractivity contribution in [2.24, 2.45) is 0 Å². The number of aromatic nitrogens is 1. The third-order valence-electron chi connectivity index (χ3n) is 3.44. The zero-order chi connectivity index (χ0) is 17.8. The second-order valence-corrected chi connectivity index (χ2v) is 8.35. The fourth-order valence-electron chi connectivity index (χ4n) is 2.23. The van der Waals surface area contributed by atoms with Crippen LogP contribution >= 0.6 is 34.3 Å². The van der Waals surface area contributed by atoms with Crippen LogP contribution in [0.5, 0.6) is 5.75 Å². The monoisotopic (exact) mass is 392 g/mol. The predicted octanol–water partition coefficient (Wildman–Crippen LogP) is 4.98. The molecule has 0 aliphatic carbocycles. The lowest BCUT2D eigenvalue weighted by molar-refractivity contribution is 0.0954. The average molecular weight is 393 g/mol. The lowest BCUT2D eigenvalue weighted by Crippen LogP contribution is -2.22. The number of carbonyl (C=O) groups is 1. The summed E-state index contributed by atoms with van der Waals surface area (Å²) < 4.78 is 5.69. The van der Waals surface area contributed by atoms with Crippen LogP contribution in [0.2, 0.25) is 5.02 Å². The Bertz CT molecular complexity index is 872. The van der Waals surface area contributed by atoms with Crippen LogP contribution in [0.1, 0.15) is 30.1 Å². The molecular weight excluding hydrogens is 376 g/mol. The van der Waals surface area contributed by atoms with Crippen molar-refractivity contribution < 1.29 is 9.53 Å². The van der Waals surface area contributed by atoms with Crippen LogP contribution in [-0.4, -0.2) is 10.9 Å². The Labute approximate surface area is 159 Å². The maximum Gasteiger partial charge on any atom is 0.263 e. The molecule has 7 heteroatoms. The highest BCUT2D eigenvalue weighted by molar-refractivity contribution is 7.13. The number of nitrogens with one attached hydrogen (secondary N) is 1. The summed E-state index contributed by atoms with van der Waals surface area (Å²) >= 11 is 8.90. The summed E-state index contributed by atoms with van der Waals surface area (Å²) in [7, 11) is 0. The molecule has 0 aliphatic rings. The maximum atomic E-state index is 12.4. The molecular formula is C18H17ClN2O2S2. The number of thiazole rings is 1. The van der Waals surface area contributed by atoms with Crippen molar-refractivity contribution in [2.45, 2.75) is 27.0 Å². The molecule has 0 saturated carbocycles. The van der Waals surface area contributed by atoms with Crippen molar-refractivity contribution in [3.05, 3.63) is 66.8 Å². The van der Waals surface area contributed by atoms with Crippen LogP contribution in [0, 0.1) is 13.8 Å². The third kappa shape index (κ3) is 4.81. The minimum absolute atomic E-state index is 0.0983. The van der Waals surface area contributed by atoms with Crippen LogP contribution in [0.3, 0.4) is 0 Å². The Morgan fingerprint density at radius 3 is 2.60 bits per heavy atom. The number of rotatable bonds is 6. The maximum absolute atomic E-state index is 12.4. The van der Waals surface area contributed by atoms with Gasteiger partial charge in [0.2, 0.25) is 0 Å². The van der Waals surface area contributed by atoms with E-state index in [0.29, 0.717) is 23.1 Å². The first-order valence-electron chi connectivity index (χ1n) is 7.69. The minimum atomic E-state index is -0.0983. The Kier molecular flexibility index (Phi) is 5.73. The summed E-state index contributed by atoms with van der Waals surface area (Å²) in [5.41, 5.74) is 0.722. The van der Waals surface area contributed by atoms with E-state index in [4.69, 9.17) is 16.3 Å².